The molecule has 0 spiro atoms. The average Bonchev–Trinajstić information content (AvgIpc) is 3.43. The van der Waals surface area contributed by atoms with Crippen molar-refractivity contribution >= 4 is 17.2 Å². The standard InChI is InChI=1S/C21H18N2O2S/c24-21(17-7-9-18(10-8-17)22-11-1-2-12-22)23(15-19-5-3-13-25-19)16-20-6-4-14-26-20/h1-14H,15-16H2. The van der Waals surface area contributed by atoms with E-state index in [1.165, 1.54) is 0 Å². The number of benzene rings is 1. The molecule has 0 aliphatic carbocycles. The van der Waals surface area contributed by atoms with Gasteiger partial charge in [0.1, 0.15) is 5.76 Å². The lowest BCUT2D eigenvalue weighted by atomic mass is 10.1. The number of thiophene rings is 1. The van der Waals surface area contributed by atoms with Crippen LogP contribution >= 0.6 is 11.3 Å². The Labute approximate surface area is 155 Å². The van der Waals surface area contributed by atoms with Crippen molar-refractivity contribution in [3.8, 4) is 5.69 Å². The van der Waals surface area contributed by atoms with E-state index in [1.54, 1.807) is 17.6 Å². The van der Waals surface area contributed by atoms with Gasteiger partial charge < -0.3 is 13.9 Å². The minimum absolute atomic E-state index is 0.00569. The van der Waals surface area contributed by atoms with Gasteiger partial charge in [-0.3, -0.25) is 4.79 Å². The molecule has 0 aliphatic heterocycles. The smallest absolute Gasteiger partial charge is 0.254 e. The van der Waals surface area contributed by atoms with Crippen molar-refractivity contribution in [1.82, 2.24) is 9.47 Å². The molecule has 0 fully saturated rings. The van der Waals surface area contributed by atoms with Gasteiger partial charge in [0.05, 0.1) is 19.4 Å². The van der Waals surface area contributed by atoms with Gasteiger partial charge in [0.15, 0.2) is 0 Å². The summed E-state index contributed by atoms with van der Waals surface area (Å²) in [5.74, 6) is 0.771. The molecule has 0 bridgehead atoms. The molecule has 1 aromatic carbocycles. The molecule has 3 heterocycles. The summed E-state index contributed by atoms with van der Waals surface area (Å²) in [5, 5.41) is 2.02. The van der Waals surface area contributed by atoms with Crippen molar-refractivity contribution in [2.45, 2.75) is 13.1 Å². The molecule has 130 valence electrons. The maximum absolute atomic E-state index is 13.1. The van der Waals surface area contributed by atoms with Gasteiger partial charge in [-0.15, -0.1) is 11.3 Å². The first-order chi connectivity index (χ1) is 12.8. The molecule has 4 aromatic rings. The van der Waals surface area contributed by atoms with Gasteiger partial charge in [-0.2, -0.15) is 0 Å². The van der Waals surface area contributed by atoms with Gasteiger partial charge in [-0.05, 0) is 60.0 Å². The van der Waals surface area contributed by atoms with Gasteiger partial charge in [-0.1, -0.05) is 6.07 Å². The second-order valence-electron chi connectivity index (χ2n) is 5.96. The first-order valence-corrected chi connectivity index (χ1v) is 9.25. The zero-order valence-corrected chi connectivity index (χ0v) is 14.9. The normalized spacial score (nSPS) is 10.8. The number of hydrogen-bond donors (Lipinski definition) is 0. The summed E-state index contributed by atoms with van der Waals surface area (Å²) >= 11 is 1.65. The number of carbonyl (C=O) groups excluding carboxylic acids is 1. The van der Waals surface area contributed by atoms with Crippen LogP contribution in [-0.2, 0) is 13.1 Å². The lowest BCUT2D eigenvalue weighted by molar-refractivity contribution is 0.0719. The van der Waals surface area contributed by atoms with E-state index in [2.05, 4.69) is 0 Å². The van der Waals surface area contributed by atoms with Gasteiger partial charge in [0, 0.05) is 28.5 Å². The minimum Gasteiger partial charge on any atom is -0.467 e. The Hall–Kier alpha value is -3.05. The number of aromatic nitrogens is 1. The molecule has 0 radical (unpaired) electrons. The third kappa shape index (κ3) is 3.63. The highest BCUT2D eigenvalue weighted by Crippen LogP contribution is 2.18. The molecule has 3 aromatic heterocycles. The number of hydrogen-bond acceptors (Lipinski definition) is 3. The van der Waals surface area contributed by atoms with Crippen molar-refractivity contribution in [2.75, 3.05) is 0 Å². The fourth-order valence-electron chi connectivity index (χ4n) is 2.85. The maximum atomic E-state index is 13.1. The second kappa shape index (κ2) is 7.45. The van der Waals surface area contributed by atoms with Crippen molar-refractivity contribution in [2.24, 2.45) is 0 Å². The summed E-state index contributed by atoms with van der Waals surface area (Å²) in [6.07, 6.45) is 5.60. The first-order valence-electron chi connectivity index (χ1n) is 8.37. The van der Waals surface area contributed by atoms with Crippen LogP contribution in [0.1, 0.15) is 21.0 Å². The highest BCUT2D eigenvalue weighted by molar-refractivity contribution is 7.09. The van der Waals surface area contributed by atoms with Crippen LogP contribution in [0.2, 0.25) is 0 Å². The lowest BCUT2D eigenvalue weighted by Crippen LogP contribution is -2.29. The molecule has 0 saturated heterocycles. The summed E-state index contributed by atoms with van der Waals surface area (Å²) in [4.78, 5) is 16.0. The van der Waals surface area contributed by atoms with Crippen molar-refractivity contribution in [3.63, 3.8) is 0 Å². The zero-order valence-electron chi connectivity index (χ0n) is 14.1. The second-order valence-corrected chi connectivity index (χ2v) is 6.99. The van der Waals surface area contributed by atoms with Crippen LogP contribution in [0.5, 0.6) is 0 Å². The molecule has 0 N–H and O–H groups in total. The van der Waals surface area contributed by atoms with Crippen LogP contribution in [0.3, 0.4) is 0 Å². The number of carbonyl (C=O) groups is 1. The van der Waals surface area contributed by atoms with Crippen LogP contribution in [-0.4, -0.2) is 15.4 Å². The quantitative estimate of drug-likeness (QED) is 0.485. The van der Waals surface area contributed by atoms with Crippen molar-refractivity contribution in [3.05, 3.63) is 101 Å². The van der Waals surface area contributed by atoms with Crippen LogP contribution in [0.15, 0.2) is 89.1 Å². The van der Waals surface area contributed by atoms with E-state index in [1.807, 2.05) is 87.9 Å². The predicted octanol–water partition coefficient (Wildman–Crippen LogP) is 4.97. The third-order valence-electron chi connectivity index (χ3n) is 4.16. The lowest BCUT2D eigenvalue weighted by Gasteiger charge is -2.21. The molecule has 26 heavy (non-hydrogen) atoms. The van der Waals surface area contributed by atoms with Crippen LogP contribution in [0.4, 0.5) is 0 Å². The van der Waals surface area contributed by atoms with E-state index in [4.69, 9.17) is 4.42 Å². The van der Waals surface area contributed by atoms with Gasteiger partial charge in [-0.25, -0.2) is 0 Å². The molecule has 1 amide bonds. The molecule has 4 rings (SSSR count). The third-order valence-corrected chi connectivity index (χ3v) is 5.02. The van der Waals surface area contributed by atoms with E-state index in [0.717, 1.165) is 16.3 Å². The van der Waals surface area contributed by atoms with E-state index < -0.39 is 0 Å². The number of nitrogens with zero attached hydrogens (tertiary/aromatic N) is 2. The Morgan fingerprint density at radius 2 is 1.77 bits per heavy atom. The maximum Gasteiger partial charge on any atom is 0.254 e. The highest BCUT2D eigenvalue weighted by Gasteiger charge is 2.18. The van der Waals surface area contributed by atoms with Crippen LogP contribution in [0, 0.1) is 0 Å². The Kier molecular flexibility index (Phi) is 4.71. The summed E-state index contributed by atoms with van der Waals surface area (Å²) in [6, 6.07) is 19.4. The van der Waals surface area contributed by atoms with E-state index in [0.29, 0.717) is 18.7 Å². The van der Waals surface area contributed by atoms with Crippen molar-refractivity contribution < 1.29 is 9.21 Å². The Balaban J connectivity index is 1.56. The molecule has 4 nitrogen and oxygen atoms in total. The fraction of sp³-hybridized carbons (Fsp3) is 0.0952. The molecule has 0 saturated carbocycles. The molecular formula is C21H18N2O2S. The largest absolute Gasteiger partial charge is 0.467 e. The Morgan fingerprint density at radius 3 is 2.42 bits per heavy atom. The summed E-state index contributed by atoms with van der Waals surface area (Å²) in [7, 11) is 0. The first kappa shape index (κ1) is 16.4. The molecule has 0 atom stereocenters. The molecule has 5 heteroatoms. The van der Waals surface area contributed by atoms with Gasteiger partial charge in [0.25, 0.3) is 5.91 Å². The van der Waals surface area contributed by atoms with Gasteiger partial charge >= 0.3 is 0 Å². The summed E-state index contributed by atoms with van der Waals surface area (Å²) < 4.78 is 7.46. The highest BCUT2D eigenvalue weighted by atomic mass is 32.1. The number of furan rings is 1. The molecule has 0 unspecified atom stereocenters. The average molecular weight is 362 g/mol. The predicted molar refractivity (Wildman–Crippen MR) is 102 cm³/mol. The summed E-state index contributed by atoms with van der Waals surface area (Å²) in [6.45, 7) is 1.01. The Bertz CT molecular complexity index is 904. The SMILES string of the molecule is O=C(c1ccc(-n2cccc2)cc1)N(Cc1ccco1)Cc1cccs1. The van der Waals surface area contributed by atoms with Crippen molar-refractivity contribution in [1.29, 1.82) is 0 Å². The molecular weight excluding hydrogens is 344 g/mol. The number of amides is 1. The fourth-order valence-corrected chi connectivity index (χ4v) is 3.57. The molecule has 0 aliphatic rings. The van der Waals surface area contributed by atoms with Crippen LogP contribution in [0.25, 0.3) is 5.69 Å². The number of rotatable bonds is 6. The zero-order chi connectivity index (χ0) is 17.8. The topological polar surface area (TPSA) is 38.4 Å². The van der Waals surface area contributed by atoms with Crippen LogP contribution < -0.4 is 0 Å². The van der Waals surface area contributed by atoms with E-state index in [9.17, 15) is 4.79 Å². The summed E-state index contributed by atoms with van der Waals surface area (Å²) in [5.41, 5.74) is 1.70. The van der Waals surface area contributed by atoms with E-state index in [-0.39, 0.29) is 5.91 Å². The Morgan fingerprint density at radius 1 is 0.962 bits per heavy atom. The monoisotopic (exact) mass is 362 g/mol. The van der Waals surface area contributed by atoms with E-state index >= 15 is 0 Å². The van der Waals surface area contributed by atoms with Gasteiger partial charge in [0.2, 0.25) is 0 Å². The minimum atomic E-state index is -0.00569.